The SMILES string of the molecule is CCOC(=O)C1CCN(C(=O)c2cccc(NN3C(=O)[C@H]4CC=CC[C@H]4C3=O)c2)CC1. The molecule has 2 heterocycles. The standard InChI is InChI=1S/C23H27N3O5/c1-2-31-23(30)15-10-12-25(13-11-15)20(27)16-6-5-7-17(14-16)24-26-21(28)18-8-3-4-9-19(18)22(26)29/h3-7,14-15,18-19,24H,2,8-13H2,1H3/t18-,19+. The van der Waals surface area contributed by atoms with Crippen molar-refractivity contribution < 1.29 is 23.9 Å². The van der Waals surface area contributed by atoms with Crippen LogP contribution >= 0.6 is 0 Å². The molecule has 4 rings (SSSR count). The number of imide groups is 1. The fourth-order valence-corrected chi connectivity index (χ4v) is 4.52. The lowest BCUT2D eigenvalue weighted by Gasteiger charge is -2.31. The first-order valence-electron chi connectivity index (χ1n) is 10.8. The van der Waals surface area contributed by atoms with Gasteiger partial charge in [-0.25, -0.2) is 0 Å². The van der Waals surface area contributed by atoms with Gasteiger partial charge in [0.25, 0.3) is 17.7 Å². The monoisotopic (exact) mass is 425 g/mol. The molecule has 1 N–H and O–H groups in total. The van der Waals surface area contributed by atoms with Gasteiger partial charge in [-0.1, -0.05) is 18.2 Å². The van der Waals surface area contributed by atoms with Gasteiger partial charge in [0.15, 0.2) is 0 Å². The lowest BCUT2D eigenvalue weighted by atomic mass is 9.85. The summed E-state index contributed by atoms with van der Waals surface area (Å²) in [4.78, 5) is 51.9. The maximum absolute atomic E-state index is 13.0. The molecule has 8 heteroatoms. The van der Waals surface area contributed by atoms with E-state index in [1.165, 1.54) is 0 Å². The van der Waals surface area contributed by atoms with Gasteiger partial charge in [-0.15, -0.1) is 0 Å². The highest BCUT2D eigenvalue weighted by Crippen LogP contribution is 2.35. The lowest BCUT2D eigenvalue weighted by molar-refractivity contribution is -0.149. The molecule has 0 bridgehead atoms. The van der Waals surface area contributed by atoms with E-state index in [-0.39, 0.29) is 41.4 Å². The van der Waals surface area contributed by atoms with Gasteiger partial charge in [0.2, 0.25) is 0 Å². The summed E-state index contributed by atoms with van der Waals surface area (Å²) in [7, 11) is 0. The number of allylic oxidation sites excluding steroid dienone is 2. The summed E-state index contributed by atoms with van der Waals surface area (Å²) in [5, 5.41) is 1.09. The Morgan fingerprint density at radius 3 is 2.32 bits per heavy atom. The molecule has 2 atom stereocenters. The van der Waals surface area contributed by atoms with Crippen LogP contribution in [-0.4, -0.2) is 53.3 Å². The topological polar surface area (TPSA) is 96.0 Å². The van der Waals surface area contributed by atoms with Crippen molar-refractivity contribution in [1.29, 1.82) is 0 Å². The van der Waals surface area contributed by atoms with Crippen molar-refractivity contribution in [3.63, 3.8) is 0 Å². The van der Waals surface area contributed by atoms with Crippen LogP contribution in [0.4, 0.5) is 5.69 Å². The molecule has 1 aromatic carbocycles. The van der Waals surface area contributed by atoms with Crippen LogP contribution in [0.2, 0.25) is 0 Å². The van der Waals surface area contributed by atoms with Crippen LogP contribution in [0.5, 0.6) is 0 Å². The van der Waals surface area contributed by atoms with E-state index in [0.29, 0.717) is 56.6 Å². The van der Waals surface area contributed by atoms with Gasteiger partial charge < -0.3 is 9.64 Å². The van der Waals surface area contributed by atoms with Gasteiger partial charge in [-0.3, -0.25) is 24.6 Å². The number of piperidine rings is 1. The summed E-state index contributed by atoms with van der Waals surface area (Å²) in [6, 6.07) is 6.81. The van der Waals surface area contributed by atoms with Crippen LogP contribution < -0.4 is 5.43 Å². The number of hydrogen-bond acceptors (Lipinski definition) is 6. The second kappa shape index (κ2) is 8.91. The Morgan fingerprint density at radius 1 is 1.06 bits per heavy atom. The number of likely N-dealkylation sites (tertiary alicyclic amines) is 1. The van der Waals surface area contributed by atoms with Gasteiger partial charge >= 0.3 is 5.97 Å². The third-order valence-corrected chi connectivity index (χ3v) is 6.26. The summed E-state index contributed by atoms with van der Waals surface area (Å²) in [6.07, 6.45) is 6.20. The zero-order chi connectivity index (χ0) is 22.0. The molecule has 0 radical (unpaired) electrons. The summed E-state index contributed by atoms with van der Waals surface area (Å²) in [6.45, 7) is 3.11. The van der Waals surface area contributed by atoms with E-state index in [0.717, 1.165) is 5.01 Å². The number of anilines is 1. The highest BCUT2D eigenvalue weighted by molar-refractivity contribution is 6.06. The number of hydrazine groups is 1. The number of carbonyl (C=O) groups excluding carboxylic acids is 4. The van der Waals surface area contributed by atoms with Crippen LogP contribution in [0.1, 0.15) is 43.0 Å². The lowest BCUT2D eigenvalue weighted by Crippen LogP contribution is -2.40. The number of fused-ring (bicyclic) bond motifs is 1. The molecule has 2 saturated heterocycles. The van der Waals surface area contributed by atoms with Crippen molar-refractivity contribution in [1.82, 2.24) is 9.91 Å². The Bertz CT molecular complexity index is 894. The first-order chi connectivity index (χ1) is 15.0. The molecule has 8 nitrogen and oxygen atoms in total. The molecule has 0 aromatic heterocycles. The van der Waals surface area contributed by atoms with Crippen LogP contribution in [0, 0.1) is 17.8 Å². The summed E-state index contributed by atoms with van der Waals surface area (Å²) in [5.74, 6) is -1.57. The highest BCUT2D eigenvalue weighted by atomic mass is 16.5. The third kappa shape index (κ3) is 4.19. The van der Waals surface area contributed by atoms with E-state index in [4.69, 9.17) is 4.74 Å². The molecule has 0 spiro atoms. The van der Waals surface area contributed by atoms with E-state index < -0.39 is 0 Å². The van der Waals surface area contributed by atoms with Crippen LogP contribution in [-0.2, 0) is 19.1 Å². The van der Waals surface area contributed by atoms with E-state index in [2.05, 4.69) is 5.43 Å². The number of benzene rings is 1. The fraction of sp³-hybridized carbons (Fsp3) is 0.478. The predicted molar refractivity (Wildman–Crippen MR) is 113 cm³/mol. The average Bonchev–Trinajstić information content (AvgIpc) is 3.04. The first-order valence-corrected chi connectivity index (χ1v) is 10.8. The van der Waals surface area contributed by atoms with Gasteiger partial charge in [0.05, 0.1) is 30.0 Å². The molecule has 2 fully saturated rings. The summed E-state index contributed by atoms with van der Waals surface area (Å²) < 4.78 is 5.08. The van der Waals surface area contributed by atoms with Crippen molar-refractivity contribution in [2.24, 2.45) is 17.8 Å². The number of hydrogen-bond donors (Lipinski definition) is 1. The van der Waals surface area contributed by atoms with Crippen molar-refractivity contribution >= 4 is 29.4 Å². The predicted octanol–water partition coefficient (Wildman–Crippen LogP) is 2.38. The Morgan fingerprint density at radius 2 is 1.71 bits per heavy atom. The second-order valence-corrected chi connectivity index (χ2v) is 8.18. The molecule has 0 saturated carbocycles. The quantitative estimate of drug-likeness (QED) is 0.442. The second-order valence-electron chi connectivity index (χ2n) is 8.18. The molecular weight excluding hydrogens is 398 g/mol. The van der Waals surface area contributed by atoms with Crippen molar-refractivity contribution in [2.75, 3.05) is 25.1 Å². The van der Waals surface area contributed by atoms with E-state index in [9.17, 15) is 19.2 Å². The Balaban J connectivity index is 1.40. The smallest absolute Gasteiger partial charge is 0.309 e. The maximum atomic E-state index is 13.0. The number of esters is 1. The van der Waals surface area contributed by atoms with E-state index in [1.54, 1.807) is 36.1 Å². The molecule has 3 amide bonds. The van der Waals surface area contributed by atoms with Gasteiger partial charge in [-0.2, -0.15) is 5.01 Å². The molecule has 164 valence electrons. The highest BCUT2D eigenvalue weighted by Gasteiger charge is 2.47. The Labute approximate surface area is 181 Å². The minimum absolute atomic E-state index is 0.136. The molecular formula is C23H27N3O5. The van der Waals surface area contributed by atoms with Crippen LogP contribution in [0.3, 0.4) is 0 Å². The van der Waals surface area contributed by atoms with Crippen LogP contribution in [0.25, 0.3) is 0 Å². The van der Waals surface area contributed by atoms with Crippen molar-refractivity contribution in [3.05, 3.63) is 42.0 Å². The normalized spacial score (nSPS) is 23.6. The van der Waals surface area contributed by atoms with Crippen LogP contribution in [0.15, 0.2) is 36.4 Å². The van der Waals surface area contributed by atoms with E-state index >= 15 is 0 Å². The average molecular weight is 425 g/mol. The van der Waals surface area contributed by atoms with Crippen molar-refractivity contribution in [3.8, 4) is 0 Å². The zero-order valence-electron chi connectivity index (χ0n) is 17.6. The van der Waals surface area contributed by atoms with Gasteiger partial charge in [0, 0.05) is 18.7 Å². The molecule has 2 aliphatic heterocycles. The Kier molecular flexibility index (Phi) is 6.06. The largest absolute Gasteiger partial charge is 0.466 e. The number of nitrogens with zero attached hydrogens (tertiary/aromatic N) is 2. The minimum atomic E-state index is -0.310. The summed E-state index contributed by atoms with van der Waals surface area (Å²) in [5.41, 5.74) is 3.89. The van der Waals surface area contributed by atoms with Gasteiger partial charge in [-0.05, 0) is 50.8 Å². The van der Waals surface area contributed by atoms with E-state index in [1.807, 2.05) is 12.2 Å². The number of ether oxygens (including phenoxy) is 1. The first kappa shape index (κ1) is 21.1. The molecule has 0 unspecified atom stereocenters. The number of carbonyl (C=O) groups is 4. The summed E-state index contributed by atoms with van der Waals surface area (Å²) >= 11 is 0. The molecule has 1 aromatic rings. The number of nitrogens with one attached hydrogen (secondary N) is 1. The Hall–Kier alpha value is -3.16. The van der Waals surface area contributed by atoms with Crippen molar-refractivity contribution in [2.45, 2.75) is 32.6 Å². The molecule has 1 aliphatic carbocycles. The fourth-order valence-electron chi connectivity index (χ4n) is 4.52. The minimum Gasteiger partial charge on any atom is -0.466 e. The zero-order valence-corrected chi connectivity index (χ0v) is 17.6. The van der Waals surface area contributed by atoms with Gasteiger partial charge in [0.1, 0.15) is 0 Å². The number of rotatable bonds is 5. The molecule has 31 heavy (non-hydrogen) atoms. The molecule has 3 aliphatic rings. The maximum Gasteiger partial charge on any atom is 0.309 e. The number of amides is 3. The third-order valence-electron chi connectivity index (χ3n) is 6.26.